The topological polar surface area (TPSA) is 113 Å². The molecule has 1 heterocycles. The molecule has 0 saturated heterocycles. The smallest absolute Gasteiger partial charge is 0.244 e. The summed E-state index contributed by atoms with van der Waals surface area (Å²) in [6, 6.07) is 0. The van der Waals surface area contributed by atoms with Crippen molar-refractivity contribution in [2.45, 2.75) is 18.4 Å². The highest BCUT2D eigenvalue weighted by Gasteiger charge is 2.22. The van der Waals surface area contributed by atoms with Crippen LogP contribution >= 0.6 is 0 Å². The molecule has 0 saturated carbocycles. The quantitative estimate of drug-likeness (QED) is 0.506. The molecule has 8 nitrogen and oxygen atoms in total. The molecule has 116 valence electrons. The molecule has 9 heteroatoms. The Kier molecular flexibility index (Phi) is 6.56. The van der Waals surface area contributed by atoms with Crippen molar-refractivity contribution in [1.29, 1.82) is 0 Å². The van der Waals surface area contributed by atoms with Gasteiger partial charge in [-0.1, -0.05) is 0 Å². The van der Waals surface area contributed by atoms with E-state index in [1.54, 1.807) is 6.92 Å². The van der Waals surface area contributed by atoms with Crippen LogP contribution in [0.15, 0.2) is 4.90 Å². The lowest BCUT2D eigenvalue weighted by atomic mass is 10.4. The van der Waals surface area contributed by atoms with Crippen molar-refractivity contribution in [3.63, 3.8) is 0 Å². The molecular weight excluding hydrogens is 282 g/mol. The highest BCUT2D eigenvalue weighted by molar-refractivity contribution is 7.89. The number of nitrogens with one attached hydrogen (secondary N) is 2. The van der Waals surface area contributed by atoms with Crippen LogP contribution in [-0.2, 0) is 21.3 Å². The molecule has 20 heavy (non-hydrogen) atoms. The van der Waals surface area contributed by atoms with Crippen LogP contribution in [0.2, 0.25) is 0 Å². The molecule has 1 aromatic rings. The van der Waals surface area contributed by atoms with E-state index in [1.807, 2.05) is 19.0 Å². The number of nitrogens with zero attached hydrogens (tertiary/aromatic N) is 2. The zero-order chi connectivity index (χ0) is 15.2. The predicted octanol–water partition coefficient (Wildman–Crippen LogP) is -0.967. The van der Waals surface area contributed by atoms with E-state index in [0.29, 0.717) is 24.6 Å². The summed E-state index contributed by atoms with van der Waals surface area (Å²) in [4.78, 5) is 2.13. The summed E-state index contributed by atoms with van der Waals surface area (Å²) in [5.41, 5.74) is 6.29. The second-order valence-electron chi connectivity index (χ2n) is 4.64. The van der Waals surface area contributed by atoms with E-state index in [4.69, 9.17) is 10.5 Å². The van der Waals surface area contributed by atoms with Gasteiger partial charge in [-0.2, -0.15) is 5.10 Å². The highest BCUT2D eigenvalue weighted by atomic mass is 32.2. The lowest BCUT2D eigenvalue weighted by Crippen LogP contribution is -2.29. The fraction of sp³-hybridized carbons (Fsp3) is 0.727. The van der Waals surface area contributed by atoms with Crippen molar-refractivity contribution >= 4 is 10.0 Å². The average Bonchev–Trinajstić information content (AvgIpc) is 2.75. The van der Waals surface area contributed by atoms with Crippen LogP contribution in [0.25, 0.3) is 0 Å². The van der Waals surface area contributed by atoms with Gasteiger partial charge in [0.15, 0.2) is 0 Å². The van der Waals surface area contributed by atoms with Gasteiger partial charge in [0.2, 0.25) is 10.0 Å². The first-order valence-electron chi connectivity index (χ1n) is 6.34. The Bertz CT molecular complexity index is 512. The van der Waals surface area contributed by atoms with Crippen LogP contribution in [0.1, 0.15) is 11.4 Å². The second-order valence-corrected chi connectivity index (χ2v) is 6.35. The van der Waals surface area contributed by atoms with Gasteiger partial charge in [-0.3, -0.25) is 5.10 Å². The van der Waals surface area contributed by atoms with E-state index >= 15 is 0 Å². The number of ether oxygens (including phenoxy) is 1. The second kappa shape index (κ2) is 7.70. The number of aromatic nitrogens is 2. The van der Waals surface area contributed by atoms with Gasteiger partial charge in [0.1, 0.15) is 4.90 Å². The fourth-order valence-corrected chi connectivity index (χ4v) is 3.02. The van der Waals surface area contributed by atoms with Gasteiger partial charge in [0, 0.05) is 19.6 Å². The van der Waals surface area contributed by atoms with Crippen LogP contribution in [0.5, 0.6) is 0 Å². The summed E-state index contributed by atoms with van der Waals surface area (Å²) < 4.78 is 32.1. The molecule has 0 spiro atoms. The van der Waals surface area contributed by atoms with E-state index in [2.05, 4.69) is 14.9 Å². The Labute approximate surface area is 119 Å². The minimum absolute atomic E-state index is 0.0694. The maximum Gasteiger partial charge on any atom is 0.244 e. The monoisotopic (exact) mass is 305 g/mol. The predicted molar refractivity (Wildman–Crippen MR) is 75.8 cm³/mol. The summed E-state index contributed by atoms with van der Waals surface area (Å²) in [7, 11) is 0.285. The van der Waals surface area contributed by atoms with E-state index in [0.717, 1.165) is 6.54 Å². The molecule has 0 aliphatic rings. The number of aromatic amines is 1. The summed E-state index contributed by atoms with van der Waals surface area (Å²) in [5.74, 6) is 0. The van der Waals surface area contributed by atoms with E-state index < -0.39 is 10.0 Å². The SMILES string of the molecule is Cc1[nH]nc(CN)c1S(=O)(=O)NCCOCCN(C)C. The van der Waals surface area contributed by atoms with Gasteiger partial charge in [0.25, 0.3) is 0 Å². The van der Waals surface area contributed by atoms with Crippen molar-refractivity contribution < 1.29 is 13.2 Å². The van der Waals surface area contributed by atoms with Gasteiger partial charge in [-0.15, -0.1) is 0 Å². The minimum Gasteiger partial charge on any atom is -0.379 e. The van der Waals surface area contributed by atoms with E-state index in [-0.39, 0.29) is 18.0 Å². The lowest BCUT2D eigenvalue weighted by molar-refractivity contribution is 0.122. The number of nitrogens with two attached hydrogens (primary N) is 1. The standard InChI is InChI=1S/C11H23N5O3S/c1-9-11(10(8-12)15-14-9)20(17,18)13-4-6-19-7-5-16(2)3/h13H,4-8,12H2,1-3H3,(H,14,15). The van der Waals surface area contributed by atoms with Crippen LogP contribution < -0.4 is 10.5 Å². The number of sulfonamides is 1. The van der Waals surface area contributed by atoms with Gasteiger partial charge >= 0.3 is 0 Å². The van der Waals surface area contributed by atoms with Crippen molar-refractivity contribution in [3.05, 3.63) is 11.4 Å². The molecule has 0 unspecified atom stereocenters. The molecule has 0 aliphatic carbocycles. The van der Waals surface area contributed by atoms with Crippen molar-refractivity contribution in [3.8, 4) is 0 Å². The Balaban J connectivity index is 2.48. The van der Waals surface area contributed by atoms with Gasteiger partial charge < -0.3 is 15.4 Å². The third-order valence-electron chi connectivity index (χ3n) is 2.64. The average molecular weight is 305 g/mol. The van der Waals surface area contributed by atoms with Crippen LogP contribution in [0, 0.1) is 6.92 Å². The summed E-state index contributed by atoms with van der Waals surface area (Å²) in [6.07, 6.45) is 0. The van der Waals surface area contributed by atoms with Gasteiger partial charge in [0.05, 0.1) is 24.6 Å². The number of likely N-dealkylation sites (N-methyl/N-ethyl adjacent to an activating group) is 1. The van der Waals surface area contributed by atoms with E-state index in [1.165, 1.54) is 0 Å². The van der Waals surface area contributed by atoms with Crippen molar-refractivity contribution in [1.82, 2.24) is 19.8 Å². The largest absolute Gasteiger partial charge is 0.379 e. The molecule has 1 rings (SSSR count). The number of hydrogen-bond acceptors (Lipinski definition) is 6. The third kappa shape index (κ3) is 4.84. The molecule has 0 aliphatic heterocycles. The summed E-state index contributed by atoms with van der Waals surface area (Å²) in [5, 5.41) is 6.50. The Morgan fingerprint density at radius 2 is 2.10 bits per heavy atom. The zero-order valence-corrected chi connectivity index (χ0v) is 13.0. The highest BCUT2D eigenvalue weighted by Crippen LogP contribution is 2.16. The molecule has 0 aromatic carbocycles. The summed E-state index contributed by atoms with van der Waals surface area (Å²) >= 11 is 0. The Morgan fingerprint density at radius 1 is 1.40 bits per heavy atom. The molecule has 0 fully saturated rings. The van der Waals surface area contributed by atoms with Crippen LogP contribution in [0.4, 0.5) is 0 Å². The zero-order valence-electron chi connectivity index (χ0n) is 12.1. The van der Waals surface area contributed by atoms with Crippen molar-refractivity contribution in [2.24, 2.45) is 5.73 Å². The number of hydrogen-bond donors (Lipinski definition) is 3. The Morgan fingerprint density at radius 3 is 2.70 bits per heavy atom. The number of aryl methyl sites for hydroxylation is 1. The summed E-state index contributed by atoms with van der Waals surface area (Å²) in [6.45, 7) is 3.61. The molecule has 0 atom stereocenters. The maximum absolute atomic E-state index is 12.1. The van der Waals surface area contributed by atoms with Gasteiger partial charge in [-0.05, 0) is 21.0 Å². The van der Waals surface area contributed by atoms with Crippen LogP contribution in [0.3, 0.4) is 0 Å². The molecule has 0 radical (unpaired) electrons. The molecule has 1 aromatic heterocycles. The maximum atomic E-state index is 12.1. The Hall–Kier alpha value is -1.00. The minimum atomic E-state index is -3.61. The third-order valence-corrected chi connectivity index (χ3v) is 4.31. The number of rotatable bonds is 9. The first kappa shape index (κ1) is 17.1. The fourth-order valence-electron chi connectivity index (χ4n) is 1.63. The molecular formula is C11H23N5O3S. The molecule has 0 amide bonds. The van der Waals surface area contributed by atoms with E-state index in [9.17, 15) is 8.42 Å². The molecule has 4 N–H and O–H groups in total. The first-order valence-corrected chi connectivity index (χ1v) is 7.83. The molecule has 0 bridgehead atoms. The normalized spacial score (nSPS) is 12.2. The van der Waals surface area contributed by atoms with Gasteiger partial charge in [-0.25, -0.2) is 13.1 Å². The lowest BCUT2D eigenvalue weighted by Gasteiger charge is -2.10. The first-order chi connectivity index (χ1) is 9.38. The van der Waals surface area contributed by atoms with Crippen LogP contribution in [-0.4, -0.2) is 63.9 Å². The number of H-pyrrole nitrogens is 1. The van der Waals surface area contributed by atoms with Crippen molar-refractivity contribution in [2.75, 3.05) is 40.4 Å².